The van der Waals surface area contributed by atoms with Crippen molar-refractivity contribution in [1.29, 1.82) is 10.5 Å². The van der Waals surface area contributed by atoms with E-state index in [9.17, 15) is 20.1 Å². The maximum Gasteiger partial charge on any atom is 0.232 e. The zero-order chi connectivity index (χ0) is 45.5. The van der Waals surface area contributed by atoms with E-state index in [1.165, 1.54) is 0 Å². The first kappa shape index (κ1) is 47.1. The van der Waals surface area contributed by atoms with Crippen molar-refractivity contribution in [1.82, 2.24) is 19.1 Å². The lowest BCUT2D eigenvalue weighted by Gasteiger charge is -2.17. The molecule has 2 heterocycles. The highest BCUT2D eigenvalue weighted by Gasteiger charge is 2.27. The SMILES string of the molecule is COc1cc(C)cc(C)c1C(=O)c1nc2cc(C#N)ccc2n1COCC[Si](C)(C)C.COc1cc(C)cc(C)c1C(=O)c1nc2ccc(C#N)cc2n1COCC[Si](C)(C)C. The Morgan fingerprint density at radius 2 is 1.03 bits per heavy atom. The lowest BCUT2D eigenvalue weighted by molar-refractivity contribution is 0.0833. The first-order chi connectivity index (χ1) is 29.3. The Hall–Kier alpha value is -5.91. The summed E-state index contributed by atoms with van der Waals surface area (Å²) in [6, 6.07) is 24.4. The van der Waals surface area contributed by atoms with Crippen molar-refractivity contribution in [2.24, 2.45) is 0 Å². The number of aryl methyl sites for hydroxylation is 4. The third-order valence-electron chi connectivity index (χ3n) is 10.4. The topological polar surface area (TPSA) is 154 Å². The fourth-order valence-electron chi connectivity index (χ4n) is 7.05. The van der Waals surface area contributed by atoms with Gasteiger partial charge in [-0.2, -0.15) is 10.5 Å². The highest BCUT2D eigenvalue weighted by molar-refractivity contribution is 6.76. The van der Waals surface area contributed by atoms with E-state index in [0.29, 0.717) is 63.5 Å². The summed E-state index contributed by atoms with van der Waals surface area (Å²) in [6.07, 6.45) is 0. The molecular formula is C48H58N6O6Si2. The summed E-state index contributed by atoms with van der Waals surface area (Å²) in [5, 5.41) is 18.6. The highest BCUT2D eigenvalue weighted by atomic mass is 28.3. The van der Waals surface area contributed by atoms with Gasteiger partial charge < -0.3 is 18.9 Å². The van der Waals surface area contributed by atoms with E-state index in [2.05, 4.69) is 61.4 Å². The van der Waals surface area contributed by atoms with Gasteiger partial charge in [0.1, 0.15) is 25.0 Å². The van der Waals surface area contributed by atoms with E-state index < -0.39 is 16.1 Å². The first-order valence-corrected chi connectivity index (χ1v) is 28.1. The zero-order valence-electron chi connectivity index (χ0n) is 38.1. The molecule has 0 amide bonds. The quantitative estimate of drug-likeness (QED) is 0.0521. The monoisotopic (exact) mass is 870 g/mol. The predicted molar refractivity (Wildman–Crippen MR) is 249 cm³/mol. The standard InChI is InChI=1S/2C24H29N3O3Si/c1-16-11-17(2)22(21(12-16)29-3)23(28)24-26-19-13-18(14-25)7-8-20(19)27(24)15-30-9-10-31(4,5)6;1-16-11-17(2)22(21(12-16)29-3)23(28)24-26-19-8-7-18(14-25)13-20(19)27(24)15-30-9-10-31(4,5)6/h2*7-8,11-13H,9-10,15H2,1-6H3. The lowest BCUT2D eigenvalue weighted by Crippen LogP contribution is -2.22. The number of hydrogen-bond donors (Lipinski definition) is 0. The molecule has 0 N–H and O–H groups in total. The molecule has 0 aliphatic carbocycles. The van der Waals surface area contributed by atoms with E-state index in [0.717, 1.165) is 39.9 Å². The largest absolute Gasteiger partial charge is 0.496 e. The van der Waals surface area contributed by atoms with E-state index in [1.54, 1.807) is 53.7 Å². The normalized spacial score (nSPS) is 11.5. The zero-order valence-corrected chi connectivity index (χ0v) is 40.1. The molecule has 0 aliphatic rings. The minimum Gasteiger partial charge on any atom is -0.496 e. The van der Waals surface area contributed by atoms with Crippen molar-refractivity contribution in [2.75, 3.05) is 27.4 Å². The molecule has 0 fully saturated rings. The van der Waals surface area contributed by atoms with Gasteiger partial charge in [-0.3, -0.25) is 18.7 Å². The van der Waals surface area contributed by atoms with Crippen LogP contribution in [0.3, 0.4) is 0 Å². The van der Waals surface area contributed by atoms with Gasteiger partial charge >= 0.3 is 0 Å². The summed E-state index contributed by atoms with van der Waals surface area (Å²) in [6.45, 7) is 23.2. The van der Waals surface area contributed by atoms with Crippen molar-refractivity contribution in [2.45, 2.75) is 92.5 Å². The summed E-state index contributed by atoms with van der Waals surface area (Å²) in [4.78, 5) is 36.4. The summed E-state index contributed by atoms with van der Waals surface area (Å²) in [5.41, 5.74) is 8.42. The number of ketones is 2. The van der Waals surface area contributed by atoms with Crippen LogP contribution in [0, 0.1) is 50.4 Å². The van der Waals surface area contributed by atoms with E-state index in [4.69, 9.17) is 18.9 Å². The third kappa shape index (κ3) is 11.3. The molecule has 62 heavy (non-hydrogen) atoms. The molecule has 324 valence electrons. The van der Waals surface area contributed by atoms with Gasteiger partial charge in [0.05, 0.1) is 70.7 Å². The van der Waals surface area contributed by atoms with Crippen LogP contribution in [0.15, 0.2) is 60.7 Å². The Labute approximate surface area is 367 Å². The molecule has 0 radical (unpaired) electrons. The molecule has 0 spiro atoms. The summed E-state index contributed by atoms with van der Waals surface area (Å²) in [5.74, 6) is 1.17. The van der Waals surface area contributed by atoms with E-state index in [-0.39, 0.29) is 36.7 Å². The maximum absolute atomic E-state index is 13.6. The smallest absolute Gasteiger partial charge is 0.232 e. The van der Waals surface area contributed by atoms with Gasteiger partial charge in [0.25, 0.3) is 0 Å². The van der Waals surface area contributed by atoms with Crippen molar-refractivity contribution in [3.63, 3.8) is 0 Å². The first-order valence-electron chi connectivity index (χ1n) is 20.6. The van der Waals surface area contributed by atoms with Gasteiger partial charge in [-0.05, 0) is 111 Å². The Balaban J connectivity index is 0.000000234. The van der Waals surface area contributed by atoms with Gasteiger partial charge in [-0.25, -0.2) is 9.97 Å². The number of nitriles is 2. The number of carbonyl (C=O) groups excluding carboxylic acids is 2. The summed E-state index contributed by atoms with van der Waals surface area (Å²) >= 11 is 0. The second-order valence-corrected chi connectivity index (χ2v) is 29.3. The highest BCUT2D eigenvalue weighted by Crippen LogP contribution is 2.30. The Morgan fingerprint density at radius 1 is 0.597 bits per heavy atom. The van der Waals surface area contributed by atoms with Crippen molar-refractivity contribution >= 4 is 49.8 Å². The lowest BCUT2D eigenvalue weighted by atomic mass is 10.00. The van der Waals surface area contributed by atoms with Gasteiger partial charge in [-0.1, -0.05) is 51.4 Å². The van der Waals surface area contributed by atoms with Crippen molar-refractivity contribution < 1.29 is 28.5 Å². The maximum atomic E-state index is 13.6. The molecule has 0 saturated carbocycles. The summed E-state index contributed by atoms with van der Waals surface area (Å²) < 4.78 is 26.5. The minimum absolute atomic E-state index is 0.199. The molecule has 0 atom stereocenters. The molecule has 0 unspecified atom stereocenters. The molecule has 4 aromatic carbocycles. The van der Waals surface area contributed by atoms with E-state index in [1.807, 2.05) is 58.0 Å². The second kappa shape index (κ2) is 19.9. The fraction of sp³-hybridized carbons (Fsp3) is 0.375. The molecule has 6 aromatic rings. The number of hydrogen-bond acceptors (Lipinski definition) is 10. The van der Waals surface area contributed by atoms with Crippen molar-refractivity contribution in [3.05, 3.63) is 117 Å². The number of methoxy groups -OCH3 is 2. The average molecular weight is 871 g/mol. The molecule has 12 nitrogen and oxygen atoms in total. The molecule has 0 saturated heterocycles. The van der Waals surface area contributed by atoms with Crippen LogP contribution in [0.2, 0.25) is 51.4 Å². The molecular weight excluding hydrogens is 813 g/mol. The Kier molecular flexibility index (Phi) is 15.1. The number of ether oxygens (including phenoxy) is 4. The van der Waals surface area contributed by atoms with Gasteiger partial charge in [0.2, 0.25) is 11.6 Å². The van der Waals surface area contributed by atoms with Crippen LogP contribution in [0.5, 0.6) is 11.5 Å². The molecule has 14 heteroatoms. The van der Waals surface area contributed by atoms with E-state index >= 15 is 0 Å². The molecule has 6 rings (SSSR count). The minimum atomic E-state index is -1.24. The van der Waals surface area contributed by atoms with Crippen LogP contribution >= 0.6 is 0 Å². The van der Waals surface area contributed by atoms with Crippen LogP contribution in [-0.4, -0.2) is 74.2 Å². The molecule has 0 aliphatic heterocycles. The van der Waals surface area contributed by atoms with Crippen LogP contribution < -0.4 is 9.47 Å². The fourth-order valence-corrected chi connectivity index (χ4v) is 8.57. The van der Waals surface area contributed by atoms with Crippen molar-refractivity contribution in [3.8, 4) is 23.6 Å². The molecule has 0 bridgehead atoms. The number of aromatic nitrogens is 4. The second-order valence-electron chi connectivity index (χ2n) is 18.0. The number of carbonyl (C=O) groups is 2. The van der Waals surface area contributed by atoms with Gasteiger partial charge in [0.15, 0.2) is 11.6 Å². The molecule has 2 aromatic heterocycles. The number of imidazole rings is 2. The summed E-state index contributed by atoms with van der Waals surface area (Å²) in [7, 11) is 0.659. The van der Waals surface area contributed by atoms with Crippen LogP contribution in [-0.2, 0) is 22.9 Å². The van der Waals surface area contributed by atoms with Gasteiger partial charge in [-0.15, -0.1) is 0 Å². The number of fused-ring (bicyclic) bond motifs is 2. The average Bonchev–Trinajstić information content (AvgIpc) is 3.76. The predicted octanol–water partition coefficient (Wildman–Crippen LogP) is 10.2. The Bertz CT molecular complexity index is 2640. The third-order valence-corrected chi connectivity index (χ3v) is 13.8. The number of benzene rings is 4. The van der Waals surface area contributed by atoms with Crippen LogP contribution in [0.25, 0.3) is 22.1 Å². The van der Waals surface area contributed by atoms with Crippen LogP contribution in [0.4, 0.5) is 0 Å². The van der Waals surface area contributed by atoms with Gasteiger partial charge in [0, 0.05) is 29.4 Å². The number of nitrogens with zero attached hydrogens (tertiary/aromatic N) is 6. The van der Waals surface area contributed by atoms with Crippen LogP contribution in [0.1, 0.15) is 65.7 Å². The number of rotatable bonds is 16. The Morgan fingerprint density at radius 3 is 1.48 bits per heavy atom.